The summed E-state index contributed by atoms with van der Waals surface area (Å²) in [6, 6.07) is 7.17. The Morgan fingerprint density at radius 2 is 1.74 bits per heavy atom. The first kappa shape index (κ1) is 22.9. The third kappa shape index (κ3) is 5.70. The third-order valence-corrected chi connectivity index (χ3v) is 5.63. The van der Waals surface area contributed by atoms with Crippen molar-refractivity contribution in [2.24, 2.45) is 5.92 Å². The van der Waals surface area contributed by atoms with Gasteiger partial charge < -0.3 is 13.7 Å². The molecule has 0 bridgehead atoms. The van der Waals surface area contributed by atoms with Gasteiger partial charge in [-0.05, 0) is 49.2 Å². The number of benzene rings is 1. The maximum Gasteiger partial charge on any atom is 0.461 e. The first-order chi connectivity index (χ1) is 14.6. The minimum atomic E-state index is -4.63. The van der Waals surface area contributed by atoms with Crippen molar-refractivity contribution in [3.8, 4) is 17.0 Å². The number of rotatable bonds is 7. The second-order valence-electron chi connectivity index (χ2n) is 6.61. The van der Waals surface area contributed by atoms with Gasteiger partial charge in [0.05, 0.1) is 11.6 Å². The molecule has 0 spiro atoms. The highest BCUT2D eigenvalue weighted by atomic mass is 32.2. The van der Waals surface area contributed by atoms with E-state index in [1.807, 2.05) is 0 Å². The summed E-state index contributed by atoms with van der Waals surface area (Å²) in [5, 5.41) is 0. The van der Waals surface area contributed by atoms with Gasteiger partial charge in [0.2, 0.25) is 0 Å². The molecule has 0 aliphatic carbocycles. The fourth-order valence-electron chi connectivity index (χ4n) is 2.75. The molecule has 1 aromatic heterocycles. The summed E-state index contributed by atoms with van der Waals surface area (Å²) in [4.78, 5) is 15.7. The van der Waals surface area contributed by atoms with Gasteiger partial charge in [0.1, 0.15) is 10.6 Å². The molecule has 0 unspecified atom stereocenters. The molecule has 2 heterocycles. The predicted molar refractivity (Wildman–Crippen MR) is 98.1 cm³/mol. The molecule has 1 aliphatic heterocycles. The normalized spacial score (nSPS) is 15.6. The van der Waals surface area contributed by atoms with Crippen molar-refractivity contribution in [1.29, 1.82) is 0 Å². The molecule has 0 N–H and O–H groups in total. The van der Waals surface area contributed by atoms with E-state index in [4.69, 9.17) is 4.74 Å². The predicted octanol–water partition coefficient (Wildman–Crippen LogP) is 3.64. The van der Waals surface area contributed by atoms with Crippen LogP contribution in [0.5, 0.6) is 5.75 Å². The summed E-state index contributed by atoms with van der Waals surface area (Å²) in [7, 11) is -4.37. The molecule has 0 atom stereocenters. The molecular weight excluding hydrogens is 446 g/mol. The molecule has 1 aliphatic rings. The third-order valence-electron chi connectivity index (χ3n) is 4.43. The number of hydrogen-bond donors (Lipinski definition) is 0. The molecule has 0 amide bonds. The number of pyridine rings is 1. The van der Waals surface area contributed by atoms with Crippen molar-refractivity contribution in [3.63, 3.8) is 0 Å². The number of carbonyl (C=O) groups is 1. The molecule has 1 saturated heterocycles. The second-order valence-corrected chi connectivity index (χ2v) is 8.16. The molecule has 2 aromatic rings. The van der Waals surface area contributed by atoms with Gasteiger partial charge >= 0.3 is 28.6 Å². The lowest BCUT2D eigenvalue weighted by Crippen LogP contribution is -2.33. The number of carbonyl (C=O) groups excluding carboxylic acids is 1. The Morgan fingerprint density at radius 1 is 1.10 bits per heavy atom. The average Bonchev–Trinajstić information content (AvgIpc) is 2.74. The Labute approximate surface area is 175 Å². The number of ether oxygens (including phenoxy) is 2. The van der Waals surface area contributed by atoms with Crippen LogP contribution in [0.15, 0.2) is 47.5 Å². The zero-order valence-corrected chi connectivity index (χ0v) is 16.7. The van der Waals surface area contributed by atoms with E-state index in [1.165, 1.54) is 24.3 Å². The highest BCUT2D eigenvalue weighted by Gasteiger charge is 2.43. The monoisotopic (exact) mass is 463 g/mol. The van der Waals surface area contributed by atoms with E-state index >= 15 is 0 Å². The topological polar surface area (TPSA) is 91.8 Å². The summed E-state index contributed by atoms with van der Waals surface area (Å²) >= 11 is 0. The van der Waals surface area contributed by atoms with Crippen LogP contribution in [-0.2, 0) is 23.8 Å². The van der Waals surface area contributed by atoms with Gasteiger partial charge in [-0.1, -0.05) is 0 Å². The summed E-state index contributed by atoms with van der Waals surface area (Å²) in [5.74, 6) is -1.90. The van der Waals surface area contributed by atoms with Gasteiger partial charge in [0.25, 0.3) is 0 Å². The van der Waals surface area contributed by atoms with Crippen LogP contribution in [0, 0.1) is 5.92 Å². The van der Waals surface area contributed by atoms with Crippen LogP contribution < -0.4 is 4.74 Å². The van der Waals surface area contributed by atoms with Crippen molar-refractivity contribution >= 4 is 16.1 Å². The highest BCUT2D eigenvalue weighted by molar-refractivity contribution is 7.87. The molecule has 31 heavy (non-hydrogen) atoms. The molecule has 7 nitrogen and oxygen atoms in total. The van der Waals surface area contributed by atoms with Crippen molar-refractivity contribution in [2.45, 2.75) is 30.3 Å². The fraction of sp³-hybridized carbons (Fsp3) is 0.368. The maximum absolute atomic E-state index is 12.9. The van der Waals surface area contributed by atoms with Crippen molar-refractivity contribution in [3.05, 3.63) is 42.6 Å². The van der Waals surface area contributed by atoms with Gasteiger partial charge in [0, 0.05) is 25.0 Å². The van der Waals surface area contributed by atoms with Gasteiger partial charge in [-0.2, -0.15) is 26.0 Å². The SMILES string of the molecule is O=C(OS(=O)(=O)c1ccc(-c2ccc(OC(F)(F)C(F)F)cc2)nc1)C1CCOCC1. The number of aromatic nitrogens is 1. The van der Waals surface area contributed by atoms with Crippen LogP contribution in [0.25, 0.3) is 11.3 Å². The standard InChI is InChI=1S/C19H17F4NO6S/c20-18(21)19(22,23)29-14-3-1-12(2-4-14)16-6-5-15(11-24-16)31(26,27)30-17(25)13-7-9-28-10-8-13/h1-6,11,13,18H,7-10H2. The lowest BCUT2D eigenvalue weighted by atomic mass is 10.0. The number of nitrogens with zero attached hydrogens (tertiary/aromatic N) is 1. The summed E-state index contributed by atoms with van der Waals surface area (Å²) < 4.78 is 88.6. The van der Waals surface area contributed by atoms with Crippen LogP contribution in [0.4, 0.5) is 17.6 Å². The zero-order valence-electron chi connectivity index (χ0n) is 15.8. The van der Waals surface area contributed by atoms with Crippen molar-refractivity contribution < 1.29 is 44.4 Å². The van der Waals surface area contributed by atoms with E-state index in [-0.39, 0.29) is 10.6 Å². The Morgan fingerprint density at radius 3 is 2.29 bits per heavy atom. The first-order valence-corrected chi connectivity index (χ1v) is 10.5. The van der Waals surface area contributed by atoms with E-state index < -0.39 is 40.3 Å². The smallest absolute Gasteiger partial charge is 0.428 e. The van der Waals surface area contributed by atoms with Crippen LogP contribution in [0.3, 0.4) is 0 Å². The quantitative estimate of drug-likeness (QED) is 0.457. The van der Waals surface area contributed by atoms with Gasteiger partial charge in [0.15, 0.2) is 0 Å². The van der Waals surface area contributed by atoms with Crippen LogP contribution in [0.1, 0.15) is 12.8 Å². The Balaban J connectivity index is 1.68. The largest absolute Gasteiger partial charge is 0.461 e. The van der Waals surface area contributed by atoms with Crippen LogP contribution in [0.2, 0.25) is 0 Å². The molecule has 0 radical (unpaired) electrons. The van der Waals surface area contributed by atoms with E-state index in [0.717, 1.165) is 18.3 Å². The summed E-state index contributed by atoms with van der Waals surface area (Å²) in [6.07, 6.45) is -6.89. The van der Waals surface area contributed by atoms with E-state index in [0.29, 0.717) is 31.6 Å². The minimum absolute atomic E-state index is 0.266. The van der Waals surface area contributed by atoms with Gasteiger partial charge in [-0.15, -0.1) is 0 Å². The number of halogens is 4. The summed E-state index contributed by atoms with van der Waals surface area (Å²) in [5.41, 5.74) is 0.651. The van der Waals surface area contributed by atoms with Gasteiger partial charge in [-0.3, -0.25) is 9.78 Å². The van der Waals surface area contributed by atoms with E-state index in [2.05, 4.69) is 13.9 Å². The van der Waals surface area contributed by atoms with Crippen LogP contribution >= 0.6 is 0 Å². The van der Waals surface area contributed by atoms with E-state index in [1.54, 1.807) is 0 Å². The molecule has 0 saturated carbocycles. The maximum atomic E-state index is 12.9. The highest BCUT2D eigenvalue weighted by Crippen LogP contribution is 2.29. The van der Waals surface area contributed by atoms with Crippen molar-refractivity contribution in [2.75, 3.05) is 13.2 Å². The molecule has 1 fully saturated rings. The van der Waals surface area contributed by atoms with Crippen LogP contribution in [-0.4, -0.2) is 45.1 Å². The number of alkyl halides is 4. The molecular formula is C19H17F4NO6S. The Hall–Kier alpha value is -2.73. The van der Waals surface area contributed by atoms with E-state index in [9.17, 15) is 30.8 Å². The zero-order chi connectivity index (χ0) is 22.6. The Bertz CT molecular complexity index is 1010. The van der Waals surface area contributed by atoms with Gasteiger partial charge in [-0.25, -0.2) is 0 Å². The van der Waals surface area contributed by atoms with Crippen molar-refractivity contribution in [1.82, 2.24) is 4.98 Å². The molecule has 168 valence electrons. The number of hydrogen-bond acceptors (Lipinski definition) is 7. The molecule has 3 rings (SSSR count). The fourth-order valence-corrected chi connectivity index (χ4v) is 3.62. The first-order valence-electron chi connectivity index (χ1n) is 9.06. The molecule has 1 aromatic carbocycles. The lowest BCUT2D eigenvalue weighted by Gasteiger charge is -2.20. The summed E-state index contributed by atoms with van der Waals surface area (Å²) in [6.45, 7) is 0.694. The molecule has 12 heteroatoms. The second kappa shape index (κ2) is 9.18. The Kier molecular flexibility index (Phi) is 6.80. The average molecular weight is 463 g/mol. The lowest BCUT2D eigenvalue weighted by molar-refractivity contribution is -0.253. The minimum Gasteiger partial charge on any atom is -0.428 e.